The fourth-order valence-corrected chi connectivity index (χ4v) is 3.35. The van der Waals surface area contributed by atoms with Crippen LogP contribution in [0.5, 0.6) is 5.75 Å². The Morgan fingerprint density at radius 2 is 1.78 bits per heavy atom. The number of amides is 2. The molecule has 1 heterocycles. The number of hydrogen-bond acceptors (Lipinski definition) is 4. The van der Waals surface area contributed by atoms with Crippen molar-refractivity contribution in [3.63, 3.8) is 0 Å². The zero-order valence-corrected chi connectivity index (χ0v) is 17.2. The van der Waals surface area contributed by atoms with Gasteiger partial charge in [-0.2, -0.15) is 0 Å². The molecule has 27 heavy (non-hydrogen) atoms. The molecule has 1 N–H and O–H groups in total. The van der Waals surface area contributed by atoms with E-state index in [2.05, 4.69) is 37.1 Å². The number of nitrogens with one attached hydrogen (secondary N) is 1. The van der Waals surface area contributed by atoms with Crippen LogP contribution in [0.4, 0.5) is 0 Å². The second kappa shape index (κ2) is 9.74. The van der Waals surface area contributed by atoms with Crippen molar-refractivity contribution in [3.8, 4) is 5.75 Å². The van der Waals surface area contributed by atoms with Crippen molar-refractivity contribution in [2.24, 2.45) is 0 Å². The molecule has 6 heteroatoms. The number of rotatable bonds is 7. The minimum Gasteiger partial charge on any atom is -0.484 e. The Labute approximate surface area is 162 Å². The molecule has 0 atom stereocenters. The summed E-state index contributed by atoms with van der Waals surface area (Å²) < 4.78 is 5.70. The Morgan fingerprint density at radius 3 is 2.33 bits per heavy atom. The molecule has 150 valence electrons. The number of piperazine rings is 1. The number of nitrogens with zero attached hydrogens (tertiary/aromatic N) is 2. The molecule has 0 spiro atoms. The van der Waals surface area contributed by atoms with E-state index in [0.717, 1.165) is 5.75 Å². The number of carbonyl (C=O) groups is 2. The first-order chi connectivity index (χ1) is 12.8. The summed E-state index contributed by atoms with van der Waals surface area (Å²) >= 11 is 0. The minimum absolute atomic E-state index is 0.00753. The maximum atomic E-state index is 12.4. The van der Waals surface area contributed by atoms with E-state index < -0.39 is 0 Å². The lowest BCUT2D eigenvalue weighted by Crippen LogP contribution is -2.52. The molecule has 0 aromatic heterocycles. The molecular formula is C21H33N3O3. The first-order valence-electron chi connectivity index (χ1n) is 9.79. The van der Waals surface area contributed by atoms with Crippen molar-refractivity contribution in [3.05, 3.63) is 29.3 Å². The van der Waals surface area contributed by atoms with Crippen molar-refractivity contribution >= 4 is 11.8 Å². The lowest BCUT2D eigenvalue weighted by Gasteiger charge is -2.34. The van der Waals surface area contributed by atoms with E-state index in [0.29, 0.717) is 38.6 Å². The van der Waals surface area contributed by atoms with Gasteiger partial charge in [-0.05, 0) is 49.9 Å². The predicted octanol–water partition coefficient (Wildman–Crippen LogP) is 2.17. The Bertz CT molecular complexity index is 650. The fourth-order valence-electron chi connectivity index (χ4n) is 3.35. The van der Waals surface area contributed by atoms with E-state index in [1.807, 2.05) is 30.9 Å². The number of aryl methyl sites for hydroxylation is 1. The maximum absolute atomic E-state index is 12.4. The van der Waals surface area contributed by atoms with Crippen LogP contribution < -0.4 is 10.1 Å². The summed E-state index contributed by atoms with van der Waals surface area (Å²) in [5.74, 6) is 1.23. The second-order valence-corrected chi connectivity index (χ2v) is 7.84. The topological polar surface area (TPSA) is 61.9 Å². The third-order valence-electron chi connectivity index (χ3n) is 4.77. The first kappa shape index (κ1) is 21.2. The largest absolute Gasteiger partial charge is 0.484 e. The lowest BCUT2D eigenvalue weighted by molar-refractivity contribution is -0.135. The molecule has 1 fully saturated rings. The van der Waals surface area contributed by atoms with E-state index in [-0.39, 0.29) is 24.5 Å². The molecule has 0 saturated carbocycles. The Kier molecular flexibility index (Phi) is 7.66. The molecule has 1 aliphatic rings. The van der Waals surface area contributed by atoms with Crippen molar-refractivity contribution in [1.29, 1.82) is 0 Å². The van der Waals surface area contributed by atoms with Gasteiger partial charge in [-0.3, -0.25) is 14.5 Å². The molecule has 0 aliphatic carbocycles. The summed E-state index contributed by atoms with van der Waals surface area (Å²) in [5, 5.41) is 2.90. The highest BCUT2D eigenvalue weighted by molar-refractivity contribution is 5.79. The summed E-state index contributed by atoms with van der Waals surface area (Å²) in [6.07, 6.45) is 0. The van der Waals surface area contributed by atoms with Gasteiger partial charge in [-0.25, -0.2) is 0 Å². The van der Waals surface area contributed by atoms with Gasteiger partial charge in [-0.15, -0.1) is 0 Å². The van der Waals surface area contributed by atoms with Gasteiger partial charge in [0.1, 0.15) is 5.75 Å². The molecule has 0 bridgehead atoms. The zero-order valence-electron chi connectivity index (χ0n) is 17.2. The summed E-state index contributed by atoms with van der Waals surface area (Å²) in [4.78, 5) is 28.1. The molecule has 1 aromatic rings. The van der Waals surface area contributed by atoms with E-state index in [4.69, 9.17) is 4.74 Å². The van der Waals surface area contributed by atoms with Gasteiger partial charge in [-0.1, -0.05) is 19.9 Å². The smallest absolute Gasteiger partial charge is 0.260 e. The first-order valence-corrected chi connectivity index (χ1v) is 9.79. The standard InChI is InChI=1S/C21H33N3O3/c1-15(2)19-7-6-18(12-17(19)5)27-14-21(26)24-10-8-23(9-11-24)13-20(25)22-16(3)4/h6-7,12,15-16H,8-11,13-14H2,1-5H3,(H,22,25). The monoisotopic (exact) mass is 375 g/mol. The molecule has 2 amide bonds. The van der Waals surface area contributed by atoms with Gasteiger partial charge >= 0.3 is 0 Å². The molecular weight excluding hydrogens is 342 g/mol. The lowest BCUT2D eigenvalue weighted by atomic mass is 9.98. The van der Waals surface area contributed by atoms with Gasteiger partial charge < -0.3 is 15.0 Å². The number of benzene rings is 1. The zero-order chi connectivity index (χ0) is 20.0. The van der Waals surface area contributed by atoms with Crippen LogP contribution in [-0.4, -0.2) is 67.0 Å². The van der Waals surface area contributed by atoms with Crippen molar-refractivity contribution in [2.75, 3.05) is 39.3 Å². The van der Waals surface area contributed by atoms with Crippen LogP contribution in [0.3, 0.4) is 0 Å². The summed E-state index contributed by atoms with van der Waals surface area (Å²) in [5.41, 5.74) is 2.48. The Morgan fingerprint density at radius 1 is 1.11 bits per heavy atom. The van der Waals surface area contributed by atoms with Crippen molar-refractivity contribution in [2.45, 2.75) is 46.6 Å². The van der Waals surface area contributed by atoms with E-state index in [1.54, 1.807) is 0 Å². The van der Waals surface area contributed by atoms with Crippen LogP contribution in [-0.2, 0) is 9.59 Å². The molecule has 1 aliphatic heterocycles. The Balaban J connectivity index is 1.76. The summed E-state index contributed by atoms with van der Waals surface area (Å²) in [6.45, 7) is 13.4. The predicted molar refractivity (Wildman–Crippen MR) is 107 cm³/mol. The average molecular weight is 376 g/mol. The normalized spacial score (nSPS) is 15.3. The molecule has 0 radical (unpaired) electrons. The van der Waals surface area contributed by atoms with Gasteiger partial charge in [0.2, 0.25) is 5.91 Å². The number of carbonyl (C=O) groups excluding carboxylic acids is 2. The van der Waals surface area contributed by atoms with Crippen LogP contribution in [0.25, 0.3) is 0 Å². The van der Waals surface area contributed by atoms with E-state index in [1.165, 1.54) is 11.1 Å². The second-order valence-electron chi connectivity index (χ2n) is 7.84. The van der Waals surface area contributed by atoms with Gasteiger partial charge in [0.15, 0.2) is 6.61 Å². The molecule has 1 aromatic carbocycles. The van der Waals surface area contributed by atoms with E-state index in [9.17, 15) is 9.59 Å². The van der Waals surface area contributed by atoms with Crippen molar-refractivity contribution < 1.29 is 14.3 Å². The molecule has 1 saturated heterocycles. The fraction of sp³-hybridized carbons (Fsp3) is 0.619. The third-order valence-corrected chi connectivity index (χ3v) is 4.77. The molecule has 6 nitrogen and oxygen atoms in total. The van der Waals surface area contributed by atoms with Gasteiger partial charge in [0.05, 0.1) is 6.54 Å². The molecule has 2 rings (SSSR count). The highest BCUT2D eigenvalue weighted by atomic mass is 16.5. The van der Waals surface area contributed by atoms with E-state index >= 15 is 0 Å². The summed E-state index contributed by atoms with van der Waals surface area (Å²) in [7, 11) is 0. The van der Waals surface area contributed by atoms with Crippen LogP contribution in [0.2, 0.25) is 0 Å². The van der Waals surface area contributed by atoms with Gasteiger partial charge in [0, 0.05) is 32.2 Å². The van der Waals surface area contributed by atoms with Crippen LogP contribution >= 0.6 is 0 Å². The number of ether oxygens (including phenoxy) is 1. The van der Waals surface area contributed by atoms with Crippen molar-refractivity contribution in [1.82, 2.24) is 15.1 Å². The highest BCUT2D eigenvalue weighted by Crippen LogP contribution is 2.23. The van der Waals surface area contributed by atoms with Crippen LogP contribution in [0.1, 0.15) is 44.7 Å². The average Bonchev–Trinajstić information content (AvgIpc) is 2.59. The molecule has 0 unspecified atom stereocenters. The maximum Gasteiger partial charge on any atom is 0.260 e. The quantitative estimate of drug-likeness (QED) is 0.793. The van der Waals surface area contributed by atoms with Crippen LogP contribution in [0, 0.1) is 6.92 Å². The number of hydrogen-bond donors (Lipinski definition) is 1. The van der Waals surface area contributed by atoms with Crippen LogP contribution in [0.15, 0.2) is 18.2 Å². The van der Waals surface area contributed by atoms with Gasteiger partial charge in [0.25, 0.3) is 5.91 Å². The Hall–Kier alpha value is -2.08. The SMILES string of the molecule is Cc1cc(OCC(=O)N2CCN(CC(=O)NC(C)C)CC2)ccc1C(C)C. The highest BCUT2D eigenvalue weighted by Gasteiger charge is 2.22. The summed E-state index contributed by atoms with van der Waals surface area (Å²) in [6, 6.07) is 6.14. The third kappa shape index (κ3) is 6.54. The minimum atomic E-state index is -0.00753.